The van der Waals surface area contributed by atoms with Crippen LogP contribution in [0, 0.1) is 0 Å². The summed E-state index contributed by atoms with van der Waals surface area (Å²) >= 11 is 0. The maximum Gasteiger partial charge on any atom is 0.272 e. The fraction of sp³-hybridized carbons (Fsp3) is 0.667. The van der Waals surface area contributed by atoms with E-state index < -0.39 is 0 Å². The van der Waals surface area contributed by atoms with Crippen molar-refractivity contribution in [2.75, 3.05) is 20.1 Å². The average Bonchev–Trinajstić information content (AvgIpc) is 2.95. The lowest BCUT2D eigenvalue weighted by atomic mass is 10.2. The van der Waals surface area contributed by atoms with E-state index in [1.165, 1.54) is 0 Å². The average molecular weight is 236 g/mol. The van der Waals surface area contributed by atoms with Crippen LogP contribution >= 0.6 is 0 Å². The van der Waals surface area contributed by atoms with Crippen molar-refractivity contribution in [3.05, 3.63) is 17.5 Å². The fourth-order valence-electron chi connectivity index (χ4n) is 2.22. The van der Waals surface area contributed by atoms with Crippen molar-refractivity contribution in [2.24, 2.45) is 7.05 Å². The summed E-state index contributed by atoms with van der Waals surface area (Å²) in [6.07, 6.45) is 1.89. The number of aromatic nitrogens is 2. The van der Waals surface area contributed by atoms with Crippen LogP contribution in [0.4, 0.5) is 0 Å². The molecule has 1 saturated heterocycles. The van der Waals surface area contributed by atoms with Crippen LogP contribution in [0.1, 0.15) is 29.5 Å². The molecule has 1 unspecified atom stereocenters. The van der Waals surface area contributed by atoms with E-state index in [0.717, 1.165) is 31.6 Å². The van der Waals surface area contributed by atoms with Crippen molar-refractivity contribution in [3.8, 4) is 0 Å². The van der Waals surface area contributed by atoms with Crippen LogP contribution < -0.4 is 5.32 Å². The molecule has 0 spiro atoms. The fourth-order valence-corrected chi connectivity index (χ4v) is 2.22. The van der Waals surface area contributed by atoms with Crippen molar-refractivity contribution in [3.63, 3.8) is 0 Å². The molecule has 5 nitrogen and oxygen atoms in total. The first-order valence-electron chi connectivity index (χ1n) is 6.14. The Labute approximate surface area is 102 Å². The number of aryl methyl sites for hydroxylation is 2. The van der Waals surface area contributed by atoms with Gasteiger partial charge in [0.15, 0.2) is 0 Å². The third kappa shape index (κ3) is 2.34. The Kier molecular flexibility index (Phi) is 3.47. The molecular formula is C12H20N4O. The molecule has 0 saturated carbocycles. The minimum atomic E-state index is 0.0633. The molecule has 1 atom stereocenters. The molecule has 1 N–H and O–H groups in total. The van der Waals surface area contributed by atoms with Gasteiger partial charge in [-0.15, -0.1) is 0 Å². The zero-order valence-electron chi connectivity index (χ0n) is 10.7. The maximum atomic E-state index is 12.3. The van der Waals surface area contributed by atoms with Gasteiger partial charge in [-0.1, -0.05) is 6.92 Å². The first kappa shape index (κ1) is 12.1. The third-order valence-corrected chi connectivity index (χ3v) is 3.41. The Hall–Kier alpha value is -1.36. The molecule has 2 heterocycles. The zero-order valence-corrected chi connectivity index (χ0v) is 10.7. The van der Waals surface area contributed by atoms with Crippen LogP contribution in [-0.2, 0) is 13.5 Å². The summed E-state index contributed by atoms with van der Waals surface area (Å²) in [7, 11) is 3.70. The number of nitrogens with zero attached hydrogens (tertiary/aromatic N) is 3. The molecule has 0 bridgehead atoms. The van der Waals surface area contributed by atoms with Gasteiger partial charge in [0.05, 0.1) is 5.69 Å². The number of hydrogen-bond acceptors (Lipinski definition) is 3. The van der Waals surface area contributed by atoms with Gasteiger partial charge in [-0.3, -0.25) is 9.48 Å². The molecule has 1 aromatic heterocycles. The van der Waals surface area contributed by atoms with Crippen molar-refractivity contribution >= 4 is 5.91 Å². The standard InChI is InChI=1S/C12H20N4O/c1-4-9-7-11(16(3)14-9)12(17)15(2)10-5-6-13-8-10/h7,10,13H,4-6,8H2,1-3H3. The predicted octanol–water partition coefficient (Wildman–Crippen LogP) is 0.416. The number of nitrogens with one attached hydrogen (secondary N) is 1. The number of carbonyl (C=O) groups excluding carboxylic acids is 1. The second kappa shape index (κ2) is 4.87. The predicted molar refractivity (Wildman–Crippen MR) is 66.0 cm³/mol. The van der Waals surface area contributed by atoms with E-state index in [1.807, 2.05) is 32.0 Å². The molecule has 1 aliphatic rings. The number of rotatable bonds is 3. The monoisotopic (exact) mass is 236 g/mol. The minimum Gasteiger partial charge on any atom is -0.336 e. The Morgan fingerprint density at radius 2 is 2.47 bits per heavy atom. The Morgan fingerprint density at radius 1 is 1.71 bits per heavy atom. The van der Waals surface area contributed by atoms with Crippen LogP contribution in [0.15, 0.2) is 6.07 Å². The van der Waals surface area contributed by atoms with E-state index in [2.05, 4.69) is 10.4 Å². The zero-order chi connectivity index (χ0) is 12.4. The lowest BCUT2D eigenvalue weighted by molar-refractivity contribution is 0.0732. The SMILES string of the molecule is CCc1cc(C(=O)N(C)C2CCNC2)n(C)n1. The van der Waals surface area contributed by atoms with Crippen LogP contribution in [0.5, 0.6) is 0 Å². The van der Waals surface area contributed by atoms with Crippen LogP contribution in [-0.4, -0.2) is 46.8 Å². The lowest BCUT2D eigenvalue weighted by Crippen LogP contribution is -2.39. The highest BCUT2D eigenvalue weighted by atomic mass is 16.2. The largest absolute Gasteiger partial charge is 0.336 e. The highest BCUT2D eigenvalue weighted by Gasteiger charge is 2.25. The van der Waals surface area contributed by atoms with E-state index in [0.29, 0.717) is 11.7 Å². The molecule has 0 aromatic carbocycles. The first-order chi connectivity index (χ1) is 8.13. The van der Waals surface area contributed by atoms with Crippen LogP contribution in [0.25, 0.3) is 0 Å². The van der Waals surface area contributed by atoms with Gasteiger partial charge in [0, 0.05) is 26.7 Å². The number of amides is 1. The van der Waals surface area contributed by atoms with E-state index in [1.54, 1.807) is 4.68 Å². The number of likely N-dealkylation sites (N-methyl/N-ethyl adjacent to an activating group) is 1. The topological polar surface area (TPSA) is 50.2 Å². The summed E-state index contributed by atoms with van der Waals surface area (Å²) < 4.78 is 1.68. The molecule has 1 aliphatic heterocycles. The lowest BCUT2D eigenvalue weighted by Gasteiger charge is -2.23. The van der Waals surface area contributed by atoms with Gasteiger partial charge < -0.3 is 10.2 Å². The Bertz CT molecular complexity index is 407. The minimum absolute atomic E-state index is 0.0633. The Morgan fingerprint density at radius 3 is 3.00 bits per heavy atom. The summed E-state index contributed by atoms with van der Waals surface area (Å²) in [4.78, 5) is 14.1. The highest BCUT2D eigenvalue weighted by Crippen LogP contribution is 2.12. The second-order valence-corrected chi connectivity index (χ2v) is 4.56. The Balaban J connectivity index is 2.14. The van der Waals surface area contributed by atoms with E-state index >= 15 is 0 Å². The second-order valence-electron chi connectivity index (χ2n) is 4.56. The summed E-state index contributed by atoms with van der Waals surface area (Å²) in [6, 6.07) is 2.20. The van der Waals surface area contributed by atoms with Gasteiger partial charge in [0.1, 0.15) is 5.69 Å². The summed E-state index contributed by atoms with van der Waals surface area (Å²) in [6.45, 7) is 3.93. The van der Waals surface area contributed by atoms with Crippen molar-refractivity contribution < 1.29 is 4.79 Å². The highest BCUT2D eigenvalue weighted by molar-refractivity contribution is 5.92. The van der Waals surface area contributed by atoms with Gasteiger partial charge in [-0.2, -0.15) is 5.10 Å². The van der Waals surface area contributed by atoms with Crippen molar-refractivity contribution in [1.29, 1.82) is 0 Å². The van der Waals surface area contributed by atoms with Gasteiger partial charge in [0.25, 0.3) is 5.91 Å². The van der Waals surface area contributed by atoms with Crippen LogP contribution in [0.3, 0.4) is 0 Å². The molecular weight excluding hydrogens is 216 g/mol. The van der Waals surface area contributed by atoms with Gasteiger partial charge in [-0.25, -0.2) is 0 Å². The molecule has 2 rings (SSSR count). The number of carbonyl (C=O) groups is 1. The van der Waals surface area contributed by atoms with Crippen molar-refractivity contribution in [2.45, 2.75) is 25.8 Å². The molecule has 1 aromatic rings. The summed E-state index contributed by atoms with van der Waals surface area (Å²) in [5.74, 6) is 0.0633. The maximum absolute atomic E-state index is 12.3. The summed E-state index contributed by atoms with van der Waals surface area (Å²) in [5.41, 5.74) is 1.64. The van der Waals surface area contributed by atoms with E-state index in [-0.39, 0.29) is 5.91 Å². The summed E-state index contributed by atoms with van der Waals surface area (Å²) in [5, 5.41) is 7.59. The molecule has 1 fully saturated rings. The molecule has 0 aliphatic carbocycles. The number of hydrogen-bond donors (Lipinski definition) is 1. The molecule has 5 heteroatoms. The van der Waals surface area contributed by atoms with Gasteiger partial charge >= 0.3 is 0 Å². The smallest absolute Gasteiger partial charge is 0.272 e. The molecule has 17 heavy (non-hydrogen) atoms. The first-order valence-corrected chi connectivity index (χ1v) is 6.14. The molecule has 94 valence electrons. The quantitative estimate of drug-likeness (QED) is 0.827. The van der Waals surface area contributed by atoms with E-state index in [9.17, 15) is 4.79 Å². The van der Waals surface area contributed by atoms with E-state index in [4.69, 9.17) is 0 Å². The van der Waals surface area contributed by atoms with Crippen molar-refractivity contribution in [1.82, 2.24) is 20.0 Å². The molecule has 0 radical (unpaired) electrons. The molecule has 1 amide bonds. The normalized spacial score (nSPS) is 19.6. The van der Waals surface area contributed by atoms with Gasteiger partial charge in [0.2, 0.25) is 0 Å². The van der Waals surface area contributed by atoms with Gasteiger partial charge in [-0.05, 0) is 25.5 Å². The van der Waals surface area contributed by atoms with Crippen LogP contribution in [0.2, 0.25) is 0 Å². The third-order valence-electron chi connectivity index (χ3n) is 3.41.